The molecule has 1 heterocycles. The minimum Gasteiger partial charge on any atom is -0.495 e. The molecule has 0 atom stereocenters. The summed E-state index contributed by atoms with van der Waals surface area (Å²) in [6.07, 6.45) is 3.56. The first-order valence-electron chi connectivity index (χ1n) is 6.88. The van der Waals surface area contributed by atoms with Crippen LogP contribution in [0.15, 0.2) is 36.4 Å². The Morgan fingerprint density at radius 1 is 1.22 bits per heavy atom. The second-order valence-corrected chi connectivity index (χ2v) is 4.93. The number of benzene rings is 2. The molecule has 0 saturated heterocycles. The number of nitrogens with one attached hydrogen (secondary N) is 1. The number of ether oxygens (including phenoxy) is 1. The molecule has 0 bridgehead atoms. The van der Waals surface area contributed by atoms with Crippen LogP contribution in [0, 0.1) is 5.82 Å². The van der Waals surface area contributed by atoms with E-state index in [0.29, 0.717) is 16.8 Å². The third kappa shape index (κ3) is 2.78. The van der Waals surface area contributed by atoms with Gasteiger partial charge in [-0.2, -0.15) is 5.10 Å². The number of H-pyrrole nitrogens is 1. The average Bonchev–Trinajstić information content (AvgIpc) is 2.96. The summed E-state index contributed by atoms with van der Waals surface area (Å²) in [5, 5.41) is 7.77. The van der Waals surface area contributed by atoms with E-state index in [1.807, 2.05) is 0 Å². The Balaban J connectivity index is 2.09. The highest BCUT2D eigenvalue weighted by Gasteiger charge is 2.16. The van der Waals surface area contributed by atoms with Crippen LogP contribution in [0.5, 0.6) is 5.75 Å². The molecule has 6 heteroatoms. The van der Waals surface area contributed by atoms with Crippen LogP contribution >= 0.6 is 0 Å². The van der Waals surface area contributed by atoms with E-state index in [0.717, 1.165) is 11.1 Å². The number of halogens is 1. The first-order valence-corrected chi connectivity index (χ1v) is 6.88. The second-order valence-electron chi connectivity index (χ2n) is 4.93. The van der Waals surface area contributed by atoms with E-state index in [1.54, 1.807) is 36.4 Å². The minimum atomic E-state index is -0.571. The molecule has 3 N–H and O–H groups in total. The largest absolute Gasteiger partial charge is 0.495 e. The van der Waals surface area contributed by atoms with Crippen molar-refractivity contribution in [3.63, 3.8) is 0 Å². The quantitative estimate of drug-likeness (QED) is 0.777. The van der Waals surface area contributed by atoms with Gasteiger partial charge in [0.25, 0.3) is 5.91 Å². The smallest absolute Gasteiger partial charge is 0.252 e. The van der Waals surface area contributed by atoms with Gasteiger partial charge in [0.2, 0.25) is 0 Å². The molecule has 3 aromatic rings. The van der Waals surface area contributed by atoms with E-state index in [4.69, 9.17) is 10.5 Å². The van der Waals surface area contributed by atoms with E-state index in [-0.39, 0.29) is 11.4 Å². The highest BCUT2D eigenvalue weighted by molar-refractivity contribution is 6.04. The summed E-state index contributed by atoms with van der Waals surface area (Å²) in [6, 6.07) is 9.40. The Kier molecular flexibility index (Phi) is 3.80. The maximum absolute atomic E-state index is 12.9. The molecule has 1 amide bonds. The SMILES string of the molecule is COc1c(C(N)=O)ccc2[nH]nc(/C=C/c3ccc(F)cc3)c12. The van der Waals surface area contributed by atoms with Crippen LogP contribution in [0.1, 0.15) is 21.6 Å². The Labute approximate surface area is 131 Å². The van der Waals surface area contributed by atoms with Gasteiger partial charge in [0.15, 0.2) is 0 Å². The van der Waals surface area contributed by atoms with Crippen molar-refractivity contribution in [2.45, 2.75) is 0 Å². The lowest BCUT2D eigenvalue weighted by molar-refractivity contribution is 0.0997. The lowest BCUT2D eigenvalue weighted by Crippen LogP contribution is -2.12. The number of hydrogen-bond acceptors (Lipinski definition) is 3. The van der Waals surface area contributed by atoms with Gasteiger partial charge in [-0.25, -0.2) is 4.39 Å². The summed E-state index contributed by atoms with van der Waals surface area (Å²) < 4.78 is 18.3. The zero-order chi connectivity index (χ0) is 16.4. The zero-order valence-electron chi connectivity index (χ0n) is 12.3. The lowest BCUT2D eigenvalue weighted by Gasteiger charge is -2.07. The predicted octanol–water partition coefficient (Wildman–Crippen LogP) is 2.98. The predicted molar refractivity (Wildman–Crippen MR) is 86.5 cm³/mol. The highest BCUT2D eigenvalue weighted by Crippen LogP contribution is 2.32. The molecule has 0 aliphatic rings. The molecular formula is C17H14FN3O2. The van der Waals surface area contributed by atoms with Gasteiger partial charge >= 0.3 is 0 Å². The molecule has 0 aliphatic heterocycles. The number of amides is 1. The molecule has 1 aromatic heterocycles. The van der Waals surface area contributed by atoms with Gasteiger partial charge in [-0.15, -0.1) is 0 Å². The van der Waals surface area contributed by atoms with Crippen molar-refractivity contribution in [1.82, 2.24) is 10.2 Å². The monoisotopic (exact) mass is 311 g/mol. The summed E-state index contributed by atoms with van der Waals surface area (Å²) in [4.78, 5) is 11.5. The van der Waals surface area contributed by atoms with Crippen LogP contribution in [-0.2, 0) is 0 Å². The maximum Gasteiger partial charge on any atom is 0.252 e. The molecule has 2 aromatic carbocycles. The third-order valence-electron chi connectivity index (χ3n) is 3.48. The Morgan fingerprint density at radius 2 is 1.96 bits per heavy atom. The Bertz CT molecular complexity index is 898. The summed E-state index contributed by atoms with van der Waals surface area (Å²) in [7, 11) is 1.47. The molecule has 0 radical (unpaired) electrons. The number of nitrogens with two attached hydrogens (primary N) is 1. The normalized spacial score (nSPS) is 11.2. The maximum atomic E-state index is 12.9. The third-order valence-corrected chi connectivity index (χ3v) is 3.48. The van der Waals surface area contributed by atoms with E-state index in [2.05, 4.69) is 10.2 Å². The number of carbonyl (C=O) groups excluding carboxylic acids is 1. The molecular weight excluding hydrogens is 297 g/mol. The van der Waals surface area contributed by atoms with Crippen LogP contribution in [-0.4, -0.2) is 23.2 Å². The fourth-order valence-corrected chi connectivity index (χ4v) is 2.38. The molecule has 0 saturated carbocycles. The fraction of sp³-hybridized carbons (Fsp3) is 0.0588. The summed E-state index contributed by atoms with van der Waals surface area (Å²) in [5.41, 5.74) is 7.82. The van der Waals surface area contributed by atoms with Gasteiger partial charge in [-0.1, -0.05) is 18.2 Å². The van der Waals surface area contributed by atoms with Gasteiger partial charge in [0, 0.05) is 0 Å². The number of nitrogens with zero attached hydrogens (tertiary/aromatic N) is 1. The minimum absolute atomic E-state index is 0.290. The second kappa shape index (κ2) is 5.92. The van der Waals surface area contributed by atoms with Crippen LogP contribution in [0.25, 0.3) is 23.1 Å². The van der Waals surface area contributed by atoms with Gasteiger partial charge < -0.3 is 10.5 Å². The Morgan fingerprint density at radius 3 is 2.61 bits per heavy atom. The number of primary amides is 1. The van der Waals surface area contributed by atoms with Gasteiger partial charge in [-0.05, 0) is 35.9 Å². The molecule has 0 aliphatic carbocycles. The lowest BCUT2D eigenvalue weighted by atomic mass is 10.1. The van der Waals surface area contributed by atoms with Crippen molar-refractivity contribution >= 4 is 29.0 Å². The first kappa shape index (κ1) is 14.8. The summed E-state index contributed by atoms with van der Waals surface area (Å²) >= 11 is 0. The van der Waals surface area contributed by atoms with Crippen molar-refractivity contribution in [3.8, 4) is 5.75 Å². The van der Waals surface area contributed by atoms with Crippen molar-refractivity contribution < 1.29 is 13.9 Å². The standard InChI is InChI=1S/C17H14FN3O2/c1-23-16-12(17(19)22)7-9-14-15(16)13(20-21-14)8-4-10-2-5-11(18)6-3-10/h2-9H,1H3,(H2,19,22)(H,20,21)/b8-4+. The van der Waals surface area contributed by atoms with Gasteiger partial charge in [-0.3, -0.25) is 9.89 Å². The number of methoxy groups -OCH3 is 1. The van der Waals surface area contributed by atoms with E-state index in [9.17, 15) is 9.18 Å². The molecule has 23 heavy (non-hydrogen) atoms. The topological polar surface area (TPSA) is 81.0 Å². The molecule has 3 rings (SSSR count). The van der Waals surface area contributed by atoms with Crippen molar-refractivity contribution in [1.29, 1.82) is 0 Å². The summed E-state index contributed by atoms with van der Waals surface area (Å²) in [5.74, 6) is -0.485. The number of carbonyl (C=O) groups is 1. The number of hydrogen-bond donors (Lipinski definition) is 2. The highest BCUT2D eigenvalue weighted by atomic mass is 19.1. The average molecular weight is 311 g/mol. The van der Waals surface area contributed by atoms with Gasteiger partial charge in [0.05, 0.1) is 29.3 Å². The van der Waals surface area contributed by atoms with Crippen LogP contribution in [0.2, 0.25) is 0 Å². The number of fused-ring (bicyclic) bond motifs is 1. The summed E-state index contributed by atoms with van der Waals surface area (Å²) in [6.45, 7) is 0. The molecule has 0 fully saturated rings. The van der Waals surface area contributed by atoms with Crippen LogP contribution in [0.3, 0.4) is 0 Å². The van der Waals surface area contributed by atoms with Crippen molar-refractivity contribution in [3.05, 3.63) is 59.0 Å². The van der Waals surface area contributed by atoms with Crippen LogP contribution in [0.4, 0.5) is 4.39 Å². The molecule has 0 spiro atoms. The van der Waals surface area contributed by atoms with Crippen molar-refractivity contribution in [2.24, 2.45) is 5.73 Å². The number of aromatic nitrogens is 2. The van der Waals surface area contributed by atoms with E-state index < -0.39 is 5.91 Å². The molecule has 0 unspecified atom stereocenters. The van der Waals surface area contributed by atoms with Crippen LogP contribution < -0.4 is 10.5 Å². The molecule has 116 valence electrons. The van der Waals surface area contributed by atoms with Gasteiger partial charge in [0.1, 0.15) is 11.6 Å². The fourth-order valence-electron chi connectivity index (χ4n) is 2.38. The van der Waals surface area contributed by atoms with E-state index >= 15 is 0 Å². The molecule has 5 nitrogen and oxygen atoms in total. The Hall–Kier alpha value is -3.15. The zero-order valence-corrected chi connectivity index (χ0v) is 12.3. The number of aromatic amines is 1. The first-order chi connectivity index (χ1) is 11.1. The van der Waals surface area contributed by atoms with Crippen molar-refractivity contribution in [2.75, 3.05) is 7.11 Å². The number of rotatable bonds is 4. The van der Waals surface area contributed by atoms with E-state index in [1.165, 1.54) is 19.2 Å².